The maximum Gasteiger partial charge on any atom is 0.273 e. The van der Waals surface area contributed by atoms with Crippen LogP contribution in [-0.4, -0.2) is 40.5 Å². The predicted molar refractivity (Wildman–Crippen MR) is 95.5 cm³/mol. The SMILES string of the molecule is Cc1c(C(=O)NCCc2c(F)cccc2F)nnn1C1CCNCC1.Cl. The molecule has 1 aliphatic rings. The molecule has 0 aliphatic carbocycles. The summed E-state index contributed by atoms with van der Waals surface area (Å²) in [5.74, 6) is -1.60. The third-order valence-corrected chi connectivity index (χ3v) is 4.52. The molecule has 1 saturated heterocycles. The second-order valence-corrected chi connectivity index (χ2v) is 6.16. The average Bonchev–Trinajstić information content (AvgIpc) is 3.00. The number of halogens is 3. The molecule has 0 unspecified atom stereocenters. The Balaban J connectivity index is 0.00000243. The molecule has 142 valence electrons. The molecule has 0 spiro atoms. The minimum absolute atomic E-state index is 0. The first-order valence-corrected chi connectivity index (χ1v) is 8.41. The van der Waals surface area contributed by atoms with Crippen molar-refractivity contribution in [2.75, 3.05) is 19.6 Å². The summed E-state index contributed by atoms with van der Waals surface area (Å²) in [4.78, 5) is 12.3. The Morgan fingerprint density at radius 2 is 1.96 bits per heavy atom. The number of amides is 1. The zero-order valence-electron chi connectivity index (χ0n) is 14.5. The summed E-state index contributed by atoms with van der Waals surface area (Å²) >= 11 is 0. The second-order valence-electron chi connectivity index (χ2n) is 6.16. The van der Waals surface area contributed by atoms with Gasteiger partial charge >= 0.3 is 0 Å². The van der Waals surface area contributed by atoms with Gasteiger partial charge < -0.3 is 10.6 Å². The van der Waals surface area contributed by atoms with Gasteiger partial charge in [-0.2, -0.15) is 0 Å². The molecule has 1 aromatic carbocycles. The fourth-order valence-electron chi connectivity index (χ4n) is 3.10. The molecule has 6 nitrogen and oxygen atoms in total. The first-order valence-electron chi connectivity index (χ1n) is 8.41. The van der Waals surface area contributed by atoms with E-state index in [4.69, 9.17) is 0 Å². The fraction of sp³-hybridized carbons (Fsp3) is 0.471. The number of carbonyl (C=O) groups is 1. The van der Waals surface area contributed by atoms with Crippen LogP contribution >= 0.6 is 12.4 Å². The number of benzene rings is 1. The Hall–Kier alpha value is -2.06. The van der Waals surface area contributed by atoms with Gasteiger partial charge in [-0.3, -0.25) is 4.79 Å². The van der Waals surface area contributed by atoms with Crippen LogP contribution in [0.3, 0.4) is 0 Å². The van der Waals surface area contributed by atoms with Crippen LogP contribution in [-0.2, 0) is 6.42 Å². The van der Waals surface area contributed by atoms with Gasteiger partial charge in [0.2, 0.25) is 0 Å². The average molecular weight is 386 g/mol. The van der Waals surface area contributed by atoms with Crippen LogP contribution in [0.25, 0.3) is 0 Å². The Labute approximate surface area is 156 Å². The molecule has 1 amide bonds. The number of carbonyl (C=O) groups excluding carboxylic acids is 1. The second kappa shape index (κ2) is 9.05. The lowest BCUT2D eigenvalue weighted by Gasteiger charge is -2.23. The molecule has 1 aliphatic heterocycles. The molecule has 2 heterocycles. The van der Waals surface area contributed by atoms with Crippen molar-refractivity contribution in [1.29, 1.82) is 0 Å². The van der Waals surface area contributed by atoms with E-state index in [0.717, 1.165) is 25.9 Å². The van der Waals surface area contributed by atoms with Gasteiger partial charge in [0.05, 0.1) is 11.7 Å². The van der Waals surface area contributed by atoms with Crippen molar-refractivity contribution < 1.29 is 13.6 Å². The molecule has 3 rings (SSSR count). The molecule has 1 fully saturated rings. The highest BCUT2D eigenvalue weighted by atomic mass is 35.5. The van der Waals surface area contributed by atoms with Crippen molar-refractivity contribution in [2.24, 2.45) is 0 Å². The smallest absolute Gasteiger partial charge is 0.273 e. The van der Waals surface area contributed by atoms with E-state index in [1.54, 1.807) is 4.68 Å². The third kappa shape index (κ3) is 4.37. The number of hydrogen-bond acceptors (Lipinski definition) is 4. The molecule has 0 saturated carbocycles. The fourth-order valence-corrected chi connectivity index (χ4v) is 3.10. The van der Waals surface area contributed by atoms with Crippen LogP contribution in [0.5, 0.6) is 0 Å². The summed E-state index contributed by atoms with van der Waals surface area (Å²) in [7, 11) is 0. The van der Waals surface area contributed by atoms with Crippen molar-refractivity contribution in [1.82, 2.24) is 25.6 Å². The van der Waals surface area contributed by atoms with Gasteiger partial charge in [-0.05, 0) is 51.4 Å². The normalized spacial score (nSPS) is 14.7. The van der Waals surface area contributed by atoms with Crippen molar-refractivity contribution in [2.45, 2.75) is 32.2 Å². The summed E-state index contributed by atoms with van der Waals surface area (Å²) < 4.78 is 29.0. The highest BCUT2D eigenvalue weighted by Gasteiger charge is 2.22. The van der Waals surface area contributed by atoms with Crippen molar-refractivity contribution in [3.63, 3.8) is 0 Å². The molecule has 2 aromatic rings. The minimum Gasteiger partial charge on any atom is -0.350 e. The van der Waals surface area contributed by atoms with Crippen LogP contribution in [0.2, 0.25) is 0 Å². The van der Waals surface area contributed by atoms with Gasteiger partial charge in [0.15, 0.2) is 5.69 Å². The lowest BCUT2D eigenvalue weighted by molar-refractivity contribution is 0.0948. The Morgan fingerprint density at radius 1 is 1.31 bits per heavy atom. The first kappa shape index (κ1) is 20.3. The van der Waals surface area contributed by atoms with Crippen LogP contribution in [0.1, 0.15) is 40.6 Å². The Morgan fingerprint density at radius 3 is 2.62 bits per heavy atom. The van der Waals surface area contributed by atoms with E-state index in [1.807, 2.05) is 6.92 Å². The highest BCUT2D eigenvalue weighted by molar-refractivity contribution is 5.93. The third-order valence-electron chi connectivity index (χ3n) is 4.52. The predicted octanol–water partition coefficient (Wildman–Crippen LogP) is 2.18. The van der Waals surface area contributed by atoms with E-state index in [9.17, 15) is 13.6 Å². The molecule has 2 N–H and O–H groups in total. The number of piperidine rings is 1. The number of nitrogens with zero attached hydrogens (tertiary/aromatic N) is 3. The lowest BCUT2D eigenvalue weighted by Crippen LogP contribution is -2.30. The summed E-state index contributed by atoms with van der Waals surface area (Å²) in [5, 5.41) is 14.0. The van der Waals surface area contributed by atoms with Crippen LogP contribution in [0.4, 0.5) is 8.78 Å². The number of rotatable bonds is 5. The topological polar surface area (TPSA) is 71.8 Å². The van der Waals surface area contributed by atoms with E-state index in [2.05, 4.69) is 20.9 Å². The van der Waals surface area contributed by atoms with Crippen molar-refractivity contribution in [3.8, 4) is 0 Å². The Kier molecular flexibility index (Phi) is 7.05. The van der Waals surface area contributed by atoms with E-state index in [0.29, 0.717) is 5.69 Å². The van der Waals surface area contributed by atoms with E-state index < -0.39 is 11.6 Å². The first-order chi connectivity index (χ1) is 12.1. The highest BCUT2D eigenvalue weighted by Crippen LogP contribution is 2.20. The maximum absolute atomic E-state index is 13.6. The minimum atomic E-state index is -0.609. The quantitative estimate of drug-likeness (QED) is 0.827. The summed E-state index contributed by atoms with van der Waals surface area (Å²) in [5.41, 5.74) is 0.937. The van der Waals surface area contributed by atoms with Gasteiger partial charge in [-0.15, -0.1) is 17.5 Å². The van der Waals surface area contributed by atoms with E-state index >= 15 is 0 Å². The van der Waals surface area contributed by atoms with Crippen LogP contribution < -0.4 is 10.6 Å². The Bertz CT molecular complexity index is 741. The van der Waals surface area contributed by atoms with E-state index in [1.165, 1.54) is 18.2 Å². The summed E-state index contributed by atoms with van der Waals surface area (Å²) in [6.07, 6.45) is 1.96. The van der Waals surface area contributed by atoms with Gasteiger partial charge in [0.1, 0.15) is 11.6 Å². The molecule has 26 heavy (non-hydrogen) atoms. The van der Waals surface area contributed by atoms with Crippen LogP contribution in [0, 0.1) is 18.6 Å². The van der Waals surface area contributed by atoms with Gasteiger partial charge in [-0.1, -0.05) is 11.3 Å². The number of aromatic nitrogens is 3. The van der Waals surface area contributed by atoms with Crippen molar-refractivity contribution >= 4 is 18.3 Å². The molecule has 1 aromatic heterocycles. The zero-order valence-corrected chi connectivity index (χ0v) is 15.3. The summed E-state index contributed by atoms with van der Waals surface area (Å²) in [6.45, 7) is 3.77. The van der Waals surface area contributed by atoms with Gasteiger partial charge in [0.25, 0.3) is 5.91 Å². The van der Waals surface area contributed by atoms with Gasteiger partial charge in [-0.25, -0.2) is 13.5 Å². The van der Waals surface area contributed by atoms with E-state index in [-0.39, 0.29) is 48.6 Å². The molecule has 0 atom stereocenters. The molecular weight excluding hydrogens is 364 g/mol. The maximum atomic E-state index is 13.6. The number of nitrogens with one attached hydrogen (secondary N) is 2. The van der Waals surface area contributed by atoms with Crippen LogP contribution in [0.15, 0.2) is 18.2 Å². The zero-order chi connectivity index (χ0) is 17.8. The van der Waals surface area contributed by atoms with Crippen molar-refractivity contribution in [3.05, 3.63) is 46.8 Å². The largest absolute Gasteiger partial charge is 0.350 e. The standard InChI is InChI=1S/C17H21F2N5O.ClH/c1-11-16(22-23-24(11)12-5-8-20-9-6-12)17(25)21-10-7-13-14(18)3-2-4-15(13)19;/h2-4,12,20H,5-10H2,1H3,(H,21,25);1H. The number of hydrogen-bond donors (Lipinski definition) is 2. The molecule has 0 bridgehead atoms. The lowest BCUT2D eigenvalue weighted by atomic mass is 10.1. The summed E-state index contributed by atoms with van der Waals surface area (Å²) in [6, 6.07) is 3.96. The van der Waals surface area contributed by atoms with Gasteiger partial charge in [0, 0.05) is 12.1 Å². The monoisotopic (exact) mass is 385 g/mol. The molecule has 0 radical (unpaired) electrons. The molecular formula is C17H22ClF2N5O. The molecule has 9 heteroatoms.